The van der Waals surface area contributed by atoms with Gasteiger partial charge in [0.25, 0.3) is 0 Å². The van der Waals surface area contributed by atoms with Crippen LogP contribution in [0.3, 0.4) is 0 Å². The number of rotatable bonds is 3. The van der Waals surface area contributed by atoms with Crippen molar-refractivity contribution in [1.82, 2.24) is 24.8 Å². The Morgan fingerprint density at radius 2 is 2.03 bits per heavy atom. The molecule has 4 heterocycles. The van der Waals surface area contributed by atoms with Crippen molar-refractivity contribution >= 4 is 28.1 Å². The number of ether oxygens (including phenoxy) is 1. The summed E-state index contributed by atoms with van der Waals surface area (Å²) in [6, 6.07) is 8.43. The molecule has 9 nitrogen and oxygen atoms in total. The number of benzene rings is 2. The van der Waals surface area contributed by atoms with E-state index in [1.165, 1.54) is 29.5 Å². The van der Waals surface area contributed by atoms with Crippen molar-refractivity contribution in [1.29, 1.82) is 0 Å². The van der Waals surface area contributed by atoms with E-state index in [0.717, 1.165) is 18.4 Å². The molecule has 0 spiro atoms. The molecule has 0 fully saturated rings. The molecule has 3 aliphatic rings. The van der Waals surface area contributed by atoms with Crippen LogP contribution in [-0.2, 0) is 0 Å². The van der Waals surface area contributed by atoms with Crippen LogP contribution >= 0.6 is 0 Å². The second-order valence-electron chi connectivity index (χ2n) is 9.00. The third-order valence-electron chi connectivity index (χ3n) is 6.78. The summed E-state index contributed by atoms with van der Waals surface area (Å²) in [7, 11) is 0. The van der Waals surface area contributed by atoms with Gasteiger partial charge < -0.3 is 15.4 Å². The van der Waals surface area contributed by atoms with Crippen molar-refractivity contribution in [3.63, 3.8) is 0 Å². The minimum absolute atomic E-state index is 0.129. The van der Waals surface area contributed by atoms with Gasteiger partial charge in [0.1, 0.15) is 23.5 Å². The zero-order chi connectivity index (χ0) is 25.1. The number of nitrogens with zero attached hydrogens (tertiary/aromatic N) is 6. The Kier molecular flexibility index (Phi) is 4.94. The van der Waals surface area contributed by atoms with E-state index < -0.39 is 17.7 Å². The first-order valence-electron chi connectivity index (χ1n) is 11.9. The lowest BCUT2D eigenvalue weighted by Gasteiger charge is -2.41. The zero-order valence-electron chi connectivity index (χ0n) is 19.4. The fourth-order valence-corrected chi connectivity index (χ4v) is 5.08. The van der Waals surface area contributed by atoms with Gasteiger partial charge in [-0.2, -0.15) is 4.98 Å². The Hall–Kier alpha value is -4.35. The van der Waals surface area contributed by atoms with Crippen LogP contribution in [0.5, 0.6) is 5.75 Å². The number of halogens is 2. The van der Waals surface area contributed by atoms with Crippen LogP contribution in [0.15, 0.2) is 61.0 Å². The van der Waals surface area contributed by atoms with Gasteiger partial charge in [0.05, 0.1) is 23.7 Å². The van der Waals surface area contributed by atoms with Crippen molar-refractivity contribution in [3.8, 4) is 11.7 Å². The van der Waals surface area contributed by atoms with Crippen LogP contribution in [0.25, 0.3) is 22.6 Å². The van der Waals surface area contributed by atoms with E-state index in [1.54, 1.807) is 22.8 Å². The molecule has 186 valence electrons. The summed E-state index contributed by atoms with van der Waals surface area (Å²) < 4.78 is 35.8. The van der Waals surface area contributed by atoms with Crippen LogP contribution in [0.1, 0.15) is 36.6 Å². The molecule has 0 radical (unpaired) electrons. The molecule has 11 heteroatoms. The van der Waals surface area contributed by atoms with Gasteiger partial charge in [-0.1, -0.05) is 30.4 Å². The Morgan fingerprint density at radius 1 is 1.11 bits per heavy atom. The van der Waals surface area contributed by atoms with Gasteiger partial charge in [0.2, 0.25) is 5.95 Å². The maximum Gasteiger partial charge on any atom is 0.238 e. The van der Waals surface area contributed by atoms with Gasteiger partial charge >= 0.3 is 0 Å². The molecule has 37 heavy (non-hydrogen) atoms. The quantitative estimate of drug-likeness (QED) is 0.410. The first-order chi connectivity index (χ1) is 18.1. The van der Waals surface area contributed by atoms with Crippen LogP contribution in [0.4, 0.5) is 20.3 Å². The number of allylic oxidation sites excluding steroid dienone is 4. The topological polar surface area (TPSA) is 94.4 Å². The van der Waals surface area contributed by atoms with Crippen molar-refractivity contribution in [2.45, 2.75) is 25.3 Å². The third kappa shape index (κ3) is 3.46. The minimum Gasteiger partial charge on any atom is -0.749 e. The van der Waals surface area contributed by atoms with Gasteiger partial charge in [0.15, 0.2) is 17.4 Å². The standard InChI is InChI=1S/C26H20F2N7O2/c27-16-9-10-19-21(13-16)33(14-29-19)26-30-22(15-5-2-1-3-6-15)23-25(31-26)34(35(36)32-23)20-11-12-37-24-17(20)7-4-8-18(24)28/h2,4-10,13-14,20,32H,1,3,11-12H2/q-1/t20-/m1/s1. The van der Waals surface area contributed by atoms with E-state index in [9.17, 15) is 14.0 Å². The van der Waals surface area contributed by atoms with Gasteiger partial charge in [-0.3, -0.25) is 9.58 Å². The summed E-state index contributed by atoms with van der Waals surface area (Å²) in [5, 5.41) is 15.4. The fraction of sp³-hybridized carbons (Fsp3) is 0.192. The van der Waals surface area contributed by atoms with Crippen LogP contribution in [0, 0.1) is 16.8 Å². The van der Waals surface area contributed by atoms with Gasteiger partial charge in [-0.15, -0.1) is 0 Å². The summed E-state index contributed by atoms with van der Waals surface area (Å²) in [6.07, 6.45) is 9.76. The molecule has 0 amide bonds. The molecular formula is C26H20F2N7O2-. The Bertz CT molecular complexity index is 1620. The number of anilines is 2. The predicted octanol–water partition coefficient (Wildman–Crippen LogP) is 5.21. The number of fused-ring (bicyclic) bond motifs is 3. The molecule has 2 aliphatic heterocycles. The van der Waals surface area contributed by atoms with Crippen molar-refractivity contribution in [2.75, 3.05) is 17.0 Å². The number of hydrogen-bond donors (Lipinski definition) is 1. The normalized spacial score (nSPS) is 18.8. The first-order valence-corrected chi connectivity index (χ1v) is 11.9. The molecule has 0 saturated carbocycles. The summed E-state index contributed by atoms with van der Waals surface area (Å²) in [5.41, 5.74) is 6.30. The first kappa shape index (κ1) is 21.9. The molecule has 0 unspecified atom stereocenters. The lowest BCUT2D eigenvalue weighted by atomic mass is 9.99. The molecule has 0 bridgehead atoms. The van der Waals surface area contributed by atoms with Gasteiger partial charge in [-0.25, -0.2) is 24.0 Å². The lowest BCUT2D eigenvalue weighted by molar-refractivity contribution is 0.230. The average molecular weight is 500 g/mol. The maximum atomic E-state index is 14.5. The number of nitrogens with one attached hydrogen (secondary N) is 1. The summed E-state index contributed by atoms with van der Waals surface area (Å²) in [5.74, 6) is -0.210. The van der Waals surface area contributed by atoms with Crippen molar-refractivity contribution < 1.29 is 13.5 Å². The Morgan fingerprint density at radius 3 is 2.89 bits per heavy atom. The summed E-state index contributed by atoms with van der Waals surface area (Å²) in [4.78, 5) is 13.9. The molecular weight excluding hydrogens is 480 g/mol. The lowest BCUT2D eigenvalue weighted by Crippen LogP contribution is -2.42. The highest BCUT2D eigenvalue weighted by Crippen LogP contribution is 2.46. The number of imidazole rings is 1. The second-order valence-corrected chi connectivity index (χ2v) is 9.00. The molecule has 4 aromatic rings. The Balaban J connectivity index is 1.44. The SMILES string of the molecule is [O-]N1Nc2c(C3=CCCC=C3)nc(-n3cnc4ccc(F)cc43)nc2N1[C@@H]1CCOc2c(F)cccc21. The number of hydrogen-bond acceptors (Lipinski definition) is 8. The molecule has 2 aromatic heterocycles. The zero-order valence-corrected chi connectivity index (χ0v) is 19.4. The molecule has 2 aromatic carbocycles. The number of hydrazine groups is 2. The van der Waals surface area contributed by atoms with E-state index in [4.69, 9.17) is 14.7 Å². The second kappa shape index (κ2) is 8.36. The number of aromatic nitrogens is 4. The molecule has 1 N–H and O–H groups in total. The fourth-order valence-electron chi connectivity index (χ4n) is 5.08. The highest BCUT2D eigenvalue weighted by Gasteiger charge is 2.37. The highest BCUT2D eigenvalue weighted by molar-refractivity contribution is 5.88. The monoisotopic (exact) mass is 500 g/mol. The van der Waals surface area contributed by atoms with E-state index in [0.29, 0.717) is 45.5 Å². The van der Waals surface area contributed by atoms with E-state index >= 15 is 0 Å². The summed E-state index contributed by atoms with van der Waals surface area (Å²) >= 11 is 0. The molecule has 1 aliphatic carbocycles. The summed E-state index contributed by atoms with van der Waals surface area (Å²) in [6.45, 7) is 0.238. The maximum absolute atomic E-state index is 14.5. The van der Waals surface area contributed by atoms with Crippen molar-refractivity contribution in [2.24, 2.45) is 0 Å². The number of para-hydroxylation sites is 1. The Labute approximate surface area is 209 Å². The molecule has 0 saturated heterocycles. The van der Waals surface area contributed by atoms with Gasteiger partial charge in [-0.05, 0) is 36.6 Å². The molecule has 7 rings (SSSR count). The predicted molar refractivity (Wildman–Crippen MR) is 134 cm³/mol. The van der Waals surface area contributed by atoms with Crippen LogP contribution in [0.2, 0.25) is 0 Å². The minimum atomic E-state index is -0.533. The van der Waals surface area contributed by atoms with E-state index in [-0.39, 0.29) is 18.3 Å². The van der Waals surface area contributed by atoms with Crippen LogP contribution < -0.4 is 15.2 Å². The van der Waals surface area contributed by atoms with Crippen molar-refractivity contribution in [3.05, 3.63) is 89.1 Å². The molecule has 1 atom stereocenters. The average Bonchev–Trinajstić information content (AvgIpc) is 3.48. The van der Waals surface area contributed by atoms with Crippen LogP contribution in [-0.4, -0.2) is 31.4 Å². The highest BCUT2D eigenvalue weighted by atomic mass is 19.1. The van der Waals surface area contributed by atoms with Gasteiger partial charge in [0, 0.05) is 18.1 Å². The largest absolute Gasteiger partial charge is 0.749 e. The van der Waals surface area contributed by atoms with E-state index in [2.05, 4.69) is 16.5 Å². The van der Waals surface area contributed by atoms with E-state index in [1.807, 2.05) is 12.2 Å². The third-order valence-corrected chi connectivity index (χ3v) is 6.78. The smallest absolute Gasteiger partial charge is 0.238 e.